The van der Waals surface area contributed by atoms with Gasteiger partial charge in [-0.3, -0.25) is 9.59 Å². The van der Waals surface area contributed by atoms with Gasteiger partial charge in [0.2, 0.25) is 0 Å². The van der Waals surface area contributed by atoms with Gasteiger partial charge in [0.15, 0.2) is 0 Å². The second kappa shape index (κ2) is 10.1. The first-order valence-electron chi connectivity index (χ1n) is 15.2. The summed E-state index contributed by atoms with van der Waals surface area (Å²) < 4.78 is 5.54. The van der Waals surface area contributed by atoms with Gasteiger partial charge in [-0.1, -0.05) is 25.5 Å². The van der Waals surface area contributed by atoms with Gasteiger partial charge in [-0.05, 0) is 108 Å². The lowest BCUT2D eigenvalue weighted by atomic mass is 9.42. The summed E-state index contributed by atoms with van der Waals surface area (Å²) in [6.07, 6.45) is 11.6. The molecule has 4 unspecified atom stereocenters. The summed E-state index contributed by atoms with van der Waals surface area (Å²) >= 11 is 0. The van der Waals surface area contributed by atoms with Gasteiger partial charge in [-0.25, -0.2) is 4.79 Å². The van der Waals surface area contributed by atoms with Crippen LogP contribution in [0.2, 0.25) is 0 Å². The van der Waals surface area contributed by atoms with Crippen LogP contribution in [0.3, 0.4) is 0 Å². The van der Waals surface area contributed by atoms with E-state index in [2.05, 4.69) is 19.9 Å². The van der Waals surface area contributed by atoms with E-state index in [1.54, 1.807) is 0 Å². The monoisotopic (exact) mass is 527 g/mol. The van der Waals surface area contributed by atoms with Gasteiger partial charge < -0.3 is 14.7 Å². The number of aliphatic hydroxyl groups is 1. The van der Waals surface area contributed by atoms with Gasteiger partial charge >= 0.3 is 6.09 Å². The molecule has 1 amide bonds. The number of allylic oxidation sites excluding steroid dienone is 2. The standard InChI is InChI=1S/C32H49NO5/c1-30(2,3)38-29(37)33-16-12-20(13-17-33)6-7-21-10-14-31(4)24-11-15-32(5)23(8-9-26(32)35)27(24)28(36)22(19-34)25(31)18-21/h7,20,22-25,27,34H,6,8-19H2,1-5H3/b21-7+/t22-,23?,24?,25?,27?,31-,32+/m1/s1. The molecule has 6 heteroatoms. The number of hydrogen-bond acceptors (Lipinski definition) is 5. The predicted octanol–water partition coefficient (Wildman–Crippen LogP) is 5.96. The Kier molecular flexibility index (Phi) is 7.37. The van der Waals surface area contributed by atoms with E-state index in [1.807, 2.05) is 25.7 Å². The second-order valence-electron chi connectivity index (χ2n) is 14.7. The quantitative estimate of drug-likeness (QED) is 0.458. The van der Waals surface area contributed by atoms with Crippen LogP contribution < -0.4 is 0 Å². The summed E-state index contributed by atoms with van der Waals surface area (Å²) in [6, 6.07) is 0. The molecule has 4 saturated carbocycles. The lowest BCUT2D eigenvalue weighted by molar-refractivity contribution is -0.167. The number of aliphatic hydroxyl groups excluding tert-OH is 1. The maximum absolute atomic E-state index is 13.9. The SMILES string of the molecule is CC(C)(C)OC(=O)N1CCC(C/C=C2\CC[C@]3(C)C4CC[C@]5(C)C(=O)CCC5C4C(=O)[C@H](CO)C3C2)CC1. The fourth-order valence-electron chi connectivity index (χ4n) is 9.20. The summed E-state index contributed by atoms with van der Waals surface area (Å²) in [5.41, 5.74) is 0.698. The number of amides is 1. The van der Waals surface area contributed by atoms with Crippen molar-refractivity contribution in [1.82, 2.24) is 4.90 Å². The molecular weight excluding hydrogens is 478 g/mol. The minimum absolute atomic E-state index is 0.0506. The van der Waals surface area contributed by atoms with E-state index >= 15 is 0 Å². The maximum atomic E-state index is 13.9. The van der Waals surface area contributed by atoms with E-state index in [0.29, 0.717) is 24.0 Å². The first-order chi connectivity index (χ1) is 17.9. The minimum atomic E-state index is -0.466. The Morgan fingerprint density at radius 2 is 1.74 bits per heavy atom. The highest BCUT2D eigenvalue weighted by Gasteiger charge is 2.64. The molecule has 1 N–H and O–H groups in total. The predicted molar refractivity (Wildman–Crippen MR) is 146 cm³/mol. The number of ether oxygens (including phenoxy) is 1. The number of fused-ring (bicyclic) bond motifs is 5. The van der Waals surface area contributed by atoms with E-state index in [-0.39, 0.29) is 53.0 Å². The van der Waals surface area contributed by atoms with Crippen molar-refractivity contribution in [3.05, 3.63) is 11.6 Å². The maximum Gasteiger partial charge on any atom is 0.410 e. The zero-order chi connectivity index (χ0) is 27.5. The largest absolute Gasteiger partial charge is 0.444 e. The molecule has 38 heavy (non-hydrogen) atoms. The molecule has 0 bridgehead atoms. The Bertz CT molecular complexity index is 988. The summed E-state index contributed by atoms with van der Waals surface area (Å²) in [4.78, 5) is 40.9. The van der Waals surface area contributed by atoms with Crippen LogP contribution in [-0.4, -0.2) is 53.0 Å². The van der Waals surface area contributed by atoms with Crippen molar-refractivity contribution in [3.8, 4) is 0 Å². The Labute approximate surface area is 228 Å². The molecule has 212 valence electrons. The smallest absolute Gasteiger partial charge is 0.410 e. The van der Waals surface area contributed by atoms with Crippen molar-refractivity contribution in [2.24, 2.45) is 46.3 Å². The molecule has 4 aliphatic carbocycles. The molecule has 0 spiro atoms. The van der Waals surface area contributed by atoms with Gasteiger partial charge in [0.05, 0.1) is 6.61 Å². The number of rotatable bonds is 3. The lowest BCUT2D eigenvalue weighted by Crippen LogP contribution is -2.60. The average molecular weight is 528 g/mol. The van der Waals surface area contributed by atoms with Gasteiger partial charge in [-0.15, -0.1) is 0 Å². The van der Waals surface area contributed by atoms with Crippen molar-refractivity contribution in [2.45, 2.75) is 104 Å². The number of likely N-dealkylation sites (tertiary alicyclic amines) is 1. The number of hydrogen-bond donors (Lipinski definition) is 1. The third-order valence-electron chi connectivity index (χ3n) is 11.5. The first kappa shape index (κ1) is 27.9. The fraction of sp³-hybridized carbons (Fsp3) is 0.844. The Morgan fingerprint density at radius 3 is 2.39 bits per heavy atom. The third kappa shape index (κ3) is 4.77. The molecule has 0 aromatic rings. The van der Waals surface area contributed by atoms with Gasteiger partial charge in [0, 0.05) is 36.8 Å². The van der Waals surface area contributed by atoms with Crippen molar-refractivity contribution in [3.63, 3.8) is 0 Å². The van der Waals surface area contributed by atoms with Crippen molar-refractivity contribution >= 4 is 17.7 Å². The molecule has 5 fully saturated rings. The zero-order valence-electron chi connectivity index (χ0n) is 24.3. The number of nitrogens with zero attached hydrogens (tertiary/aromatic N) is 1. The van der Waals surface area contributed by atoms with Crippen LogP contribution in [0.1, 0.15) is 98.8 Å². The van der Waals surface area contributed by atoms with E-state index in [1.165, 1.54) is 5.57 Å². The van der Waals surface area contributed by atoms with Crippen molar-refractivity contribution in [2.75, 3.05) is 19.7 Å². The van der Waals surface area contributed by atoms with Crippen molar-refractivity contribution in [1.29, 1.82) is 0 Å². The Hall–Kier alpha value is -1.69. The molecule has 1 saturated heterocycles. The molecule has 0 aromatic heterocycles. The van der Waals surface area contributed by atoms with Crippen molar-refractivity contribution < 1.29 is 24.2 Å². The van der Waals surface area contributed by atoms with Gasteiger partial charge in [0.25, 0.3) is 0 Å². The molecule has 0 radical (unpaired) electrons. The van der Waals surface area contributed by atoms with Crippen LogP contribution in [-0.2, 0) is 14.3 Å². The summed E-state index contributed by atoms with van der Waals surface area (Å²) in [7, 11) is 0. The number of carbonyl (C=O) groups excluding carboxylic acids is 3. The Balaban J connectivity index is 1.24. The molecule has 5 aliphatic rings. The van der Waals surface area contributed by atoms with Crippen LogP contribution in [0.15, 0.2) is 11.6 Å². The molecule has 6 nitrogen and oxygen atoms in total. The Morgan fingerprint density at radius 1 is 1.03 bits per heavy atom. The molecule has 1 heterocycles. The topological polar surface area (TPSA) is 83.9 Å². The third-order valence-corrected chi connectivity index (χ3v) is 11.5. The number of ketones is 2. The van der Waals surface area contributed by atoms with E-state index < -0.39 is 5.60 Å². The van der Waals surface area contributed by atoms with E-state index in [9.17, 15) is 19.5 Å². The highest BCUT2D eigenvalue weighted by Crippen LogP contribution is 2.66. The summed E-state index contributed by atoms with van der Waals surface area (Å²) in [5.74, 6) is 1.50. The lowest BCUT2D eigenvalue weighted by Gasteiger charge is -2.60. The van der Waals surface area contributed by atoms with Crippen LogP contribution in [0.4, 0.5) is 4.79 Å². The van der Waals surface area contributed by atoms with Gasteiger partial charge in [-0.2, -0.15) is 0 Å². The van der Waals surface area contributed by atoms with E-state index in [0.717, 1.165) is 70.9 Å². The van der Waals surface area contributed by atoms with Gasteiger partial charge in [0.1, 0.15) is 17.2 Å². The summed E-state index contributed by atoms with van der Waals surface area (Å²) in [5, 5.41) is 10.5. The summed E-state index contributed by atoms with van der Waals surface area (Å²) in [6.45, 7) is 11.6. The fourth-order valence-corrected chi connectivity index (χ4v) is 9.20. The average Bonchev–Trinajstić information content (AvgIpc) is 3.17. The van der Waals surface area contributed by atoms with Crippen LogP contribution in [0.25, 0.3) is 0 Å². The highest BCUT2D eigenvalue weighted by atomic mass is 16.6. The molecule has 1 aliphatic heterocycles. The number of piperidine rings is 1. The second-order valence-corrected chi connectivity index (χ2v) is 14.7. The molecule has 0 aromatic carbocycles. The van der Waals surface area contributed by atoms with E-state index in [4.69, 9.17) is 4.74 Å². The van der Waals surface area contributed by atoms with Crippen LogP contribution >= 0.6 is 0 Å². The minimum Gasteiger partial charge on any atom is -0.444 e. The molecule has 5 rings (SSSR count). The molecule has 7 atom stereocenters. The number of carbonyl (C=O) groups is 3. The normalized spacial score (nSPS) is 41.1. The zero-order valence-corrected chi connectivity index (χ0v) is 24.3. The van der Waals surface area contributed by atoms with Crippen LogP contribution in [0.5, 0.6) is 0 Å². The highest BCUT2D eigenvalue weighted by molar-refractivity contribution is 5.91. The molecular formula is C32H49NO5. The van der Waals surface area contributed by atoms with Crippen LogP contribution in [0, 0.1) is 46.3 Å². The first-order valence-corrected chi connectivity index (χ1v) is 15.2. The number of Topliss-reactive ketones (excluding diaryl/α,β-unsaturated/α-hetero) is 2.